The second-order valence-electron chi connectivity index (χ2n) is 7.65. The number of rotatable bonds is 9. The van der Waals surface area contributed by atoms with E-state index in [-0.39, 0.29) is 11.5 Å². The Morgan fingerprint density at radius 2 is 1.53 bits per heavy atom. The van der Waals surface area contributed by atoms with Crippen molar-refractivity contribution in [1.82, 2.24) is 9.97 Å². The predicted molar refractivity (Wildman–Crippen MR) is 141 cm³/mol. The highest BCUT2D eigenvalue weighted by molar-refractivity contribution is 7.17. The average Bonchev–Trinajstić information content (AvgIpc) is 3.26. The van der Waals surface area contributed by atoms with Crippen LogP contribution in [0.4, 0.5) is 33.7 Å². The van der Waals surface area contributed by atoms with Crippen molar-refractivity contribution in [3.63, 3.8) is 0 Å². The van der Waals surface area contributed by atoms with Gasteiger partial charge in [0.1, 0.15) is 17.3 Å². The lowest BCUT2D eigenvalue weighted by molar-refractivity contribution is 0.102. The van der Waals surface area contributed by atoms with Gasteiger partial charge < -0.3 is 25.1 Å². The van der Waals surface area contributed by atoms with Gasteiger partial charge in [-0.15, -0.1) is 10.2 Å². The van der Waals surface area contributed by atoms with Gasteiger partial charge in [-0.1, -0.05) is 11.3 Å². The van der Waals surface area contributed by atoms with E-state index >= 15 is 0 Å². The number of carbonyl (C=O) groups excluding carboxylic acids is 1. The number of hydrogen-bond donors (Lipinski definition) is 3. The molecular formula is C25H24N6O4S. The number of methoxy groups -OCH3 is 2. The number of H-pyrrole nitrogens is 1. The summed E-state index contributed by atoms with van der Waals surface area (Å²) in [5.41, 5.74) is 2.28. The minimum Gasteiger partial charge on any atom is -0.497 e. The Morgan fingerprint density at radius 3 is 2.06 bits per heavy atom. The van der Waals surface area contributed by atoms with Crippen molar-refractivity contribution >= 4 is 50.8 Å². The lowest BCUT2D eigenvalue weighted by Gasteiger charge is -2.15. The highest BCUT2D eigenvalue weighted by Crippen LogP contribution is 2.31. The molecule has 0 saturated carbocycles. The molecule has 0 saturated heterocycles. The summed E-state index contributed by atoms with van der Waals surface area (Å²) in [6.45, 7) is 3.20. The molecule has 2 aromatic heterocycles. The number of nitrogens with zero attached hydrogens (tertiary/aromatic N) is 3. The number of ketones is 1. The van der Waals surface area contributed by atoms with Crippen LogP contribution in [0.5, 0.6) is 11.5 Å². The molecule has 2 aromatic carbocycles. The van der Waals surface area contributed by atoms with Gasteiger partial charge in [-0.3, -0.25) is 9.59 Å². The van der Waals surface area contributed by atoms with Gasteiger partial charge in [0.05, 0.1) is 30.5 Å². The topological polar surface area (TPSA) is 130 Å². The number of azo groups is 1. The molecule has 0 amide bonds. The number of aromatic nitrogens is 2. The molecular weight excluding hydrogens is 480 g/mol. The number of benzene rings is 2. The summed E-state index contributed by atoms with van der Waals surface area (Å²) in [7, 11) is 3.19. The second kappa shape index (κ2) is 10.8. The van der Waals surface area contributed by atoms with E-state index in [4.69, 9.17) is 9.47 Å². The third kappa shape index (κ3) is 5.76. The van der Waals surface area contributed by atoms with Gasteiger partial charge in [0, 0.05) is 18.3 Å². The fraction of sp³-hybridized carbons (Fsp3) is 0.160. The molecule has 0 aliphatic heterocycles. The van der Waals surface area contributed by atoms with Crippen LogP contribution in [0.3, 0.4) is 0 Å². The number of nitrogens with one attached hydrogen (secondary N) is 3. The third-order valence-corrected chi connectivity index (χ3v) is 6.24. The Kier molecular flexibility index (Phi) is 7.40. The normalized spacial score (nSPS) is 10.9. The minimum atomic E-state index is -0.449. The zero-order chi connectivity index (χ0) is 25.7. The van der Waals surface area contributed by atoms with Gasteiger partial charge >= 0.3 is 0 Å². The fourth-order valence-corrected chi connectivity index (χ4v) is 4.07. The highest BCUT2D eigenvalue weighted by atomic mass is 32.1. The van der Waals surface area contributed by atoms with Gasteiger partial charge in [0.2, 0.25) is 5.13 Å². The number of thiazole rings is 1. The van der Waals surface area contributed by atoms with Gasteiger partial charge in [0.15, 0.2) is 11.5 Å². The summed E-state index contributed by atoms with van der Waals surface area (Å²) in [5.74, 6) is 1.77. The molecule has 0 unspecified atom stereocenters. The molecule has 3 N–H and O–H groups in total. The lowest BCUT2D eigenvalue weighted by Crippen LogP contribution is -2.10. The highest BCUT2D eigenvalue weighted by Gasteiger charge is 2.13. The van der Waals surface area contributed by atoms with Crippen LogP contribution in [0.1, 0.15) is 22.3 Å². The predicted octanol–water partition coefficient (Wildman–Crippen LogP) is 6.26. The molecule has 4 rings (SSSR count). The number of ether oxygens (including phenoxy) is 2. The Hall–Kier alpha value is -4.51. The SMILES string of the molecule is COc1ccc(Nc2cc(N=Nc3nc(C)c(C(C)=O)s3)c(=O)[nH]c2Nc2ccc(OC)cc2)cc1. The van der Waals surface area contributed by atoms with E-state index in [0.717, 1.165) is 28.5 Å². The molecule has 0 fully saturated rings. The Morgan fingerprint density at radius 1 is 0.944 bits per heavy atom. The van der Waals surface area contributed by atoms with Gasteiger partial charge in [-0.2, -0.15) is 0 Å². The molecule has 184 valence electrons. The summed E-state index contributed by atoms with van der Waals surface area (Å²) in [4.78, 5) is 32.1. The van der Waals surface area contributed by atoms with Crippen LogP contribution >= 0.6 is 11.3 Å². The molecule has 0 atom stereocenters. The molecule has 0 aliphatic rings. The van der Waals surface area contributed by atoms with Gasteiger partial charge in [0.25, 0.3) is 5.56 Å². The molecule has 4 aromatic rings. The van der Waals surface area contributed by atoms with Crippen LogP contribution in [0.25, 0.3) is 0 Å². The van der Waals surface area contributed by atoms with Crippen LogP contribution < -0.4 is 25.7 Å². The van der Waals surface area contributed by atoms with E-state index in [2.05, 4.69) is 30.8 Å². The molecule has 10 nitrogen and oxygen atoms in total. The molecule has 0 radical (unpaired) electrons. The number of aromatic amines is 1. The molecule has 0 spiro atoms. The lowest BCUT2D eigenvalue weighted by atomic mass is 10.2. The van der Waals surface area contributed by atoms with E-state index in [1.807, 2.05) is 48.5 Å². The molecule has 11 heteroatoms. The number of anilines is 4. The van der Waals surface area contributed by atoms with Crippen LogP contribution in [0.15, 0.2) is 69.6 Å². The second-order valence-corrected chi connectivity index (χ2v) is 8.62. The van der Waals surface area contributed by atoms with Crippen LogP contribution in [0, 0.1) is 6.92 Å². The first kappa shape index (κ1) is 24.6. The van der Waals surface area contributed by atoms with Gasteiger partial charge in [-0.25, -0.2) is 4.98 Å². The minimum absolute atomic E-state index is 0.0727. The summed E-state index contributed by atoms with van der Waals surface area (Å²) >= 11 is 1.13. The van der Waals surface area contributed by atoms with Gasteiger partial charge in [-0.05, 0) is 61.5 Å². The zero-order valence-corrected chi connectivity index (χ0v) is 20.9. The van der Waals surface area contributed by atoms with Crippen LogP contribution in [0.2, 0.25) is 0 Å². The van der Waals surface area contributed by atoms with E-state index in [9.17, 15) is 9.59 Å². The van der Waals surface area contributed by atoms with Crippen molar-refractivity contribution in [1.29, 1.82) is 0 Å². The quantitative estimate of drug-likeness (QED) is 0.181. The number of pyridine rings is 1. The van der Waals surface area contributed by atoms with Crippen LogP contribution in [-0.4, -0.2) is 30.0 Å². The number of hydrogen-bond acceptors (Lipinski definition) is 10. The van der Waals surface area contributed by atoms with Crippen molar-refractivity contribution in [2.45, 2.75) is 13.8 Å². The number of carbonyl (C=O) groups is 1. The maximum Gasteiger partial charge on any atom is 0.277 e. The monoisotopic (exact) mass is 504 g/mol. The average molecular weight is 505 g/mol. The first-order valence-corrected chi connectivity index (χ1v) is 11.7. The first-order chi connectivity index (χ1) is 17.4. The van der Waals surface area contributed by atoms with Crippen LogP contribution in [-0.2, 0) is 0 Å². The van der Waals surface area contributed by atoms with E-state index < -0.39 is 5.56 Å². The molecule has 2 heterocycles. The Balaban J connectivity index is 1.69. The van der Waals surface area contributed by atoms with Crippen molar-refractivity contribution in [2.75, 3.05) is 24.9 Å². The summed E-state index contributed by atoms with van der Waals surface area (Å²) in [5, 5.41) is 15.0. The van der Waals surface area contributed by atoms with Crippen molar-refractivity contribution in [3.05, 3.63) is 75.5 Å². The summed E-state index contributed by atoms with van der Waals surface area (Å²) in [6, 6.07) is 16.2. The molecule has 0 bridgehead atoms. The number of aryl methyl sites for hydroxylation is 1. The third-order valence-electron chi connectivity index (χ3n) is 5.10. The maximum absolute atomic E-state index is 12.8. The van der Waals surface area contributed by atoms with E-state index in [0.29, 0.717) is 33.0 Å². The smallest absolute Gasteiger partial charge is 0.277 e. The summed E-state index contributed by atoms with van der Waals surface area (Å²) < 4.78 is 10.4. The van der Waals surface area contributed by atoms with Crippen molar-refractivity contribution in [2.24, 2.45) is 10.2 Å². The Bertz CT molecular complexity index is 1460. The van der Waals surface area contributed by atoms with Crippen molar-refractivity contribution in [3.8, 4) is 11.5 Å². The summed E-state index contributed by atoms with van der Waals surface area (Å²) in [6.07, 6.45) is 0. The maximum atomic E-state index is 12.8. The fourth-order valence-electron chi connectivity index (χ4n) is 3.29. The largest absolute Gasteiger partial charge is 0.497 e. The Labute approximate surface area is 211 Å². The zero-order valence-electron chi connectivity index (χ0n) is 20.1. The van der Waals surface area contributed by atoms with E-state index in [1.54, 1.807) is 27.2 Å². The molecule has 0 aliphatic carbocycles. The van der Waals surface area contributed by atoms with Crippen molar-refractivity contribution < 1.29 is 14.3 Å². The first-order valence-electron chi connectivity index (χ1n) is 10.9. The number of Topliss-reactive ketones (excluding diaryl/α,β-unsaturated/α-hetero) is 1. The standard InChI is InChI=1S/C25H24N6O4S/c1-14-22(15(2)32)36-25(26-14)31-30-21-13-20(27-16-5-9-18(34-3)10-6-16)23(29-24(21)33)28-17-7-11-19(35-4)12-8-17/h5-13,27H,1-4H3,(H2,28,29,33). The molecule has 36 heavy (non-hydrogen) atoms. The van der Waals surface area contributed by atoms with E-state index in [1.165, 1.54) is 6.92 Å².